The summed E-state index contributed by atoms with van der Waals surface area (Å²) < 4.78 is 0. The largest absolute Gasteiger partial charge is 0.276 e. The van der Waals surface area contributed by atoms with Crippen LogP contribution in [0.25, 0.3) is 99.3 Å². The third kappa shape index (κ3) is 4.69. The third-order valence-corrected chi connectivity index (χ3v) is 12.1. The van der Waals surface area contributed by atoms with Gasteiger partial charge in [0, 0.05) is 22.4 Å². The Bertz CT molecular complexity index is 3380. The molecule has 12 rings (SSSR count). The fourth-order valence-corrected chi connectivity index (χ4v) is 9.56. The van der Waals surface area contributed by atoms with Crippen LogP contribution in [0.3, 0.4) is 0 Å². The van der Waals surface area contributed by atoms with Crippen LogP contribution in [-0.2, 0) is 0 Å². The van der Waals surface area contributed by atoms with Crippen molar-refractivity contribution in [2.75, 3.05) is 0 Å². The molecule has 9 aromatic carbocycles. The van der Waals surface area contributed by atoms with Crippen LogP contribution in [0.1, 0.15) is 5.56 Å². The van der Waals surface area contributed by atoms with Crippen LogP contribution >= 0.6 is 0 Å². The second-order valence-electron chi connectivity index (χ2n) is 15.2. The van der Waals surface area contributed by atoms with E-state index in [2.05, 4.69) is 194 Å². The Morgan fingerprint density at radius 3 is 1.41 bits per heavy atom. The molecular formula is C54H34N2. The van der Waals surface area contributed by atoms with Crippen molar-refractivity contribution in [3.8, 4) is 22.4 Å². The zero-order chi connectivity index (χ0) is 36.7. The normalized spacial score (nSPS) is 16.2. The fourth-order valence-electron chi connectivity index (χ4n) is 9.56. The molecule has 0 N–H and O–H groups in total. The van der Waals surface area contributed by atoms with Crippen molar-refractivity contribution in [1.29, 1.82) is 0 Å². The topological polar surface area (TPSA) is 25.2 Å². The number of aromatic nitrogens is 1. The predicted octanol–water partition coefficient (Wildman–Crippen LogP) is 12.0. The number of rotatable bonds is 3. The molecule has 2 unspecified atom stereocenters. The highest BCUT2D eigenvalue weighted by atomic mass is 14.8. The molecule has 1 aromatic heterocycles. The zero-order valence-corrected chi connectivity index (χ0v) is 30.5. The first kappa shape index (κ1) is 31.2. The van der Waals surface area contributed by atoms with E-state index >= 15 is 0 Å². The number of nitrogens with zero attached hydrogens (tertiary/aromatic N) is 2. The third-order valence-electron chi connectivity index (χ3n) is 12.1. The van der Waals surface area contributed by atoms with Crippen molar-refractivity contribution < 1.29 is 0 Å². The Morgan fingerprint density at radius 1 is 0.375 bits per heavy atom. The van der Waals surface area contributed by atoms with Crippen LogP contribution < -0.4 is 10.4 Å². The molecule has 0 radical (unpaired) electrons. The fraction of sp³-hybridized carbons (Fsp3) is 0.0370. The maximum Gasteiger partial charge on any atom is 0.0793 e. The molecule has 56 heavy (non-hydrogen) atoms. The minimum absolute atomic E-state index is 0.0602. The number of allylic oxidation sites excluding steroid dienone is 1. The van der Waals surface area contributed by atoms with E-state index in [-0.39, 0.29) is 12.0 Å². The van der Waals surface area contributed by atoms with Crippen molar-refractivity contribution >= 4 is 82.6 Å². The van der Waals surface area contributed by atoms with Gasteiger partial charge in [-0.15, -0.1) is 0 Å². The first-order valence-corrected chi connectivity index (χ1v) is 19.5. The number of fused-ring (bicyclic) bond motifs is 8. The van der Waals surface area contributed by atoms with Crippen LogP contribution in [0.4, 0.5) is 0 Å². The molecule has 0 saturated carbocycles. The van der Waals surface area contributed by atoms with E-state index in [4.69, 9.17) is 9.98 Å². The maximum absolute atomic E-state index is 5.50. The molecule has 2 atom stereocenters. The van der Waals surface area contributed by atoms with Crippen molar-refractivity contribution in [2.45, 2.75) is 6.04 Å². The number of hydrogen-bond donors (Lipinski definition) is 0. The average molecular weight is 711 g/mol. The molecule has 2 nitrogen and oxygen atoms in total. The molecule has 1 aliphatic carbocycles. The molecule has 0 saturated heterocycles. The van der Waals surface area contributed by atoms with Crippen molar-refractivity contribution in [3.63, 3.8) is 0 Å². The van der Waals surface area contributed by atoms with Gasteiger partial charge < -0.3 is 0 Å². The maximum atomic E-state index is 5.50. The summed E-state index contributed by atoms with van der Waals surface area (Å²) in [5, 5.41) is 15.8. The summed E-state index contributed by atoms with van der Waals surface area (Å²) in [5.74, 6) is 0.248. The van der Waals surface area contributed by atoms with Crippen LogP contribution in [0, 0.1) is 5.92 Å². The summed E-state index contributed by atoms with van der Waals surface area (Å²) in [6.07, 6.45) is 9.31. The number of hydrogen-bond acceptors (Lipinski definition) is 2. The van der Waals surface area contributed by atoms with E-state index in [1.807, 2.05) is 0 Å². The minimum atomic E-state index is 0.0602. The van der Waals surface area contributed by atoms with Crippen LogP contribution in [0.5, 0.6) is 0 Å². The highest BCUT2D eigenvalue weighted by Gasteiger charge is 2.26. The zero-order valence-electron chi connectivity index (χ0n) is 30.5. The second kappa shape index (κ2) is 12.2. The van der Waals surface area contributed by atoms with E-state index in [1.54, 1.807) is 0 Å². The van der Waals surface area contributed by atoms with Gasteiger partial charge in [0.2, 0.25) is 0 Å². The number of pyridine rings is 1. The molecule has 0 spiro atoms. The molecule has 0 fully saturated rings. The van der Waals surface area contributed by atoms with Gasteiger partial charge in [0.1, 0.15) is 0 Å². The monoisotopic (exact) mass is 710 g/mol. The van der Waals surface area contributed by atoms with Gasteiger partial charge >= 0.3 is 0 Å². The van der Waals surface area contributed by atoms with E-state index in [0.717, 1.165) is 22.3 Å². The first-order chi connectivity index (χ1) is 27.8. The number of benzene rings is 9. The Hall–Kier alpha value is -7.16. The molecule has 10 aromatic rings. The molecule has 2 heteroatoms. The minimum Gasteiger partial charge on any atom is -0.276 e. The molecule has 0 bridgehead atoms. The standard InChI is InChI=1S/C54H34N2/c1-3-15-35-31-49-37(29-33(35)13-1)25-27-47(55-49)51-39-17-5-9-21-43(39)53(44-22-10-6-18-40(44)51)54-45-23-11-7-19-41(45)52(42-20-8-12-24-46(42)54)48-28-26-38-30-34-14-2-4-16-36(34)32-50(38)56-48/h1-32,37,49H. The molecule has 260 valence electrons. The lowest BCUT2D eigenvalue weighted by Crippen LogP contribution is -2.35. The summed E-state index contributed by atoms with van der Waals surface area (Å²) in [5.41, 5.74) is 7.88. The molecule has 2 aliphatic rings. The SMILES string of the molecule is C1=CC2C=c3ccccc3=CC2N=C1c1c2ccccc2c(-c2c3ccccc3c(-c3ccc4cc5ccccc5cc4n3)c3ccccc23)c2ccccc12. The number of dihydropyridines is 1. The predicted molar refractivity (Wildman–Crippen MR) is 238 cm³/mol. The van der Waals surface area contributed by atoms with Crippen LogP contribution in [-0.4, -0.2) is 16.7 Å². The van der Waals surface area contributed by atoms with Crippen molar-refractivity contribution in [1.82, 2.24) is 4.98 Å². The Labute approximate surface area is 323 Å². The van der Waals surface area contributed by atoms with Gasteiger partial charge in [-0.3, -0.25) is 4.99 Å². The van der Waals surface area contributed by atoms with Crippen LogP contribution in [0.15, 0.2) is 187 Å². The van der Waals surface area contributed by atoms with Gasteiger partial charge in [-0.25, -0.2) is 4.98 Å². The van der Waals surface area contributed by atoms with E-state index in [0.29, 0.717) is 0 Å². The summed E-state index contributed by atoms with van der Waals surface area (Å²) >= 11 is 0. The molecule has 1 aliphatic heterocycles. The highest BCUT2D eigenvalue weighted by Crippen LogP contribution is 2.48. The Kier molecular flexibility index (Phi) is 6.79. The summed E-state index contributed by atoms with van der Waals surface area (Å²) in [6, 6.07) is 61.9. The van der Waals surface area contributed by atoms with E-state index < -0.39 is 0 Å². The van der Waals surface area contributed by atoms with Crippen molar-refractivity contribution in [3.05, 3.63) is 198 Å². The van der Waals surface area contributed by atoms with Gasteiger partial charge in [0.15, 0.2) is 0 Å². The van der Waals surface area contributed by atoms with Gasteiger partial charge in [-0.05, 0) is 99.7 Å². The molecule has 0 amide bonds. The van der Waals surface area contributed by atoms with Crippen LogP contribution in [0.2, 0.25) is 0 Å². The van der Waals surface area contributed by atoms with Gasteiger partial charge in [-0.2, -0.15) is 0 Å². The number of aliphatic imine (C=N–C) groups is 1. The van der Waals surface area contributed by atoms with Crippen molar-refractivity contribution in [2.24, 2.45) is 10.9 Å². The van der Waals surface area contributed by atoms with Gasteiger partial charge in [0.05, 0.1) is 23.0 Å². The highest BCUT2D eigenvalue weighted by molar-refractivity contribution is 6.32. The smallest absolute Gasteiger partial charge is 0.0793 e. The Morgan fingerprint density at radius 2 is 0.839 bits per heavy atom. The molecular weight excluding hydrogens is 677 g/mol. The Balaban J connectivity index is 1.14. The lowest BCUT2D eigenvalue weighted by molar-refractivity contribution is 0.738. The lowest BCUT2D eigenvalue weighted by Gasteiger charge is -2.25. The average Bonchev–Trinajstić information content (AvgIpc) is 3.26. The van der Waals surface area contributed by atoms with E-state index in [1.165, 1.54) is 86.6 Å². The van der Waals surface area contributed by atoms with Gasteiger partial charge in [0.25, 0.3) is 0 Å². The van der Waals surface area contributed by atoms with E-state index in [9.17, 15) is 0 Å². The summed E-state index contributed by atoms with van der Waals surface area (Å²) in [4.78, 5) is 10.9. The quantitative estimate of drug-likeness (QED) is 0.168. The van der Waals surface area contributed by atoms with Gasteiger partial charge in [-0.1, -0.05) is 170 Å². The lowest BCUT2D eigenvalue weighted by atomic mass is 9.81. The summed E-state index contributed by atoms with van der Waals surface area (Å²) in [7, 11) is 0. The first-order valence-electron chi connectivity index (χ1n) is 19.5. The second-order valence-corrected chi connectivity index (χ2v) is 15.2. The summed E-state index contributed by atoms with van der Waals surface area (Å²) in [6.45, 7) is 0. The molecule has 2 heterocycles.